The van der Waals surface area contributed by atoms with Crippen LogP contribution in [0, 0.1) is 0 Å². The lowest BCUT2D eigenvalue weighted by atomic mass is 10.0. The van der Waals surface area contributed by atoms with Gasteiger partial charge in [-0.2, -0.15) is 66.6 Å². The Balaban J connectivity index is 2.04. The fourth-order valence-corrected chi connectivity index (χ4v) is 3.87. The number of aromatic carboxylic acids is 1. The standard InChI is InChI=1S/C24H12ClF14N3O3/c25-13-3-1-2-12(16(13)18(44)45)17(43)40-11-6-4-10(5-7-11)9-42-15(20(28,29)22(32,33)24(37,38)39)8-14(41-42)19(26,27)21(30,31)23(34,35)36/h1-8H,9H2,(H,40,43)(H,44,45). The highest BCUT2D eigenvalue weighted by molar-refractivity contribution is 6.34. The van der Waals surface area contributed by atoms with Gasteiger partial charge in [-0.1, -0.05) is 29.8 Å². The van der Waals surface area contributed by atoms with Crippen LogP contribution in [-0.2, 0) is 18.4 Å². The predicted octanol–water partition coefficient (Wildman–Crippen LogP) is 8.11. The van der Waals surface area contributed by atoms with E-state index in [9.17, 15) is 76.2 Å². The minimum absolute atomic E-state index is 0.202. The van der Waals surface area contributed by atoms with Crippen molar-refractivity contribution in [3.8, 4) is 0 Å². The molecule has 0 aliphatic rings. The van der Waals surface area contributed by atoms with Gasteiger partial charge >= 0.3 is 42.0 Å². The summed E-state index contributed by atoms with van der Waals surface area (Å²) in [7, 11) is 0. The van der Waals surface area contributed by atoms with Crippen LogP contribution in [0.4, 0.5) is 67.2 Å². The summed E-state index contributed by atoms with van der Waals surface area (Å²) in [6.07, 6.45) is -14.1. The number of halogens is 15. The maximum atomic E-state index is 14.5. The van der Waals surface area contributed by atoms with E-state index >= 15 is 0 Å². The topological polar surface area (TPSA) is 84.2 Å². The fraction of sp³-hybridized carbons (Fsp3) is 0.292. The zero-order valence-electron chi connectivity index (χ0n) is 21.2. The summed E-state index contributed by atoms with van der Waals surface area (Å²) in [5, 5.41) is 13.6. The zero-order chi connectivity index (χ0) is 34.6. The number of nitrogens with zero attached hydrogens (tertiary/aromatic N) is 2. The van der Waals surface area contributed by atoms with Crippen molar-refractivity contribution < 1.29 is 76.2 Å². The maximum absolute atomic E-state index is 14.5. The van der Waals surface area contributed by atoms with Crippen LogP contribution >= 0.6 is 11.6 Å². The lowest BCUT2D eigenvalue weighted by Gasteiger charge is -2.28. The number of aromatic nitrogens is 2. The van der Waals surface area contributed by atoms with Gasteiger partial charge in [0.1, 0.15) is 11.4 Å². The molecule has 1 heterocycles. The average molecular weight is 692 g/mol. The number of anilines is 1. The van der Waals surface area contributed by atoms with Gasteiger partial charge < -0.3 is 10.4 Å². The third kappa shape index (κ3) is 6.23. The maximum Gasteiger partial charge on any atom is 0.460 e. The summed E-state index contributed by atoms with van der Waals surface area (Å²) < 4.78 is 187. The van der Waals surface area contributed by atoms with Gasteiger partial charge in [0.2, 0.25) is 0 Å². The zero-order valence-corrected chi connectivity index (χ0v) is 21.9. The normalized spacial score (nSPS) is 13.6. The SMILES string of the molecule is O=C(Nc1ccc(Cn2nc(C(F)(F)C(F)(F)C(F)(F)F)cc2C(F)(F)C(F)(F)C(F)(F)F)cc1)c1cccc(Cl)c1C(=O)O. The number of benzene rings is 2. The van der Waals surface area contributed by atoms with Gasteiger partial charge in [-0.3, -0.25) is 9.48 Å². The molecule has 21 heteroatoms. The summed E-state index contributed by atoms with van der Waals surface area (Å²) >= 11 is 5.77. The molecular weight excluding hydrogens is 680 g/mol. The Labute approximate surface area is 245 Å². The highest BCUT2D eigenvalue weighted by Crippen LogP contribution is 2.55. The van der Waals surface area contributed by atoms with Gasteiger partial charge in [-0.05, 0) is 35.9 Å². The van der Waals surface area contributed by atoms with Gasteiger partial charge in [0.05, 0.1) is 22.7 Å². The molecular formula is C24H12ClF14N3O3. The van der Waals surface area contributed by atoms with E-state index in [-0.39, 0.29) is 10.7 Å². The molecule has 2 aromatic carbocycles. The number of nitrogens with one attached hydrogen (secondary N) is 1. The third-order valence-corrected chi connectivity index (χ3v) is 6.26. The molecule has 3 aromatic rings. The molecule has 246 valence electrons. The van der Waals surface area contributed by atoms with Crippen molar-refractivity contribution in [2.45, 2.75) is 42.6 Å². The number of hydrogen-bond acceptors (Lipinski definition) is 3. The summed E-state index contributed by atoms with van der Waals surface area (Å²) in [6, 6.07) is 5.71. The summed E-state index contributed by atoms with van der Waals surface area (Å²) in [6.45, 7) is -1.47. The van der Waals surface area contributed by atoms with Crippen molar-refractivity contribution in [3.05, 3.63) is 81.6 Å². The number of hydrogen-bond donors (Lipinski definition) is 2. The lowest BCUT2D eigenvalue weighted by molar-refractivity contribution is -0.361. The van der Waals surface area contributed by atoms with Crippen LogP contribution in [0.25, 0.3) is 0 Å². The van der Waals surface area contributed by atoms with E-state index in [1.54, 1.807) is 0 Å². The number of carboxylic acids is 1. The van der Waals surface area contributed by atoms with Gasteiger partial charge in [0.15, 0.2) is 0 Å². The Bertz CT molecular complexity index is 1600. The smallest absolute Gasteiger partial charge is 0.460 e. The molecule has 1 amide bonds. The first-order valence-electron chi connectivity index (χ1n) is 11.4. The Morgan fingerprint density at radius 2 is 1.29 bits per heavy atom. The molecule has 0 radical (unpaired) electrons. The van der Waals surface area contributed by atoms with E-state index in [2.05, 4.69) is 10.4 Å². The number of amides is 1. The van der Waals surface area contributed by atoms with Crippen LogP contribution in [0.1, 0.15) is 37.7 Å². The average Bonchev–Trinajstić information content (AvgIpc) is 3.33. The van der Waals surface area contributed by atoms with E-state index < -0.39 is 93.3 Å². The largest absolute Gasteiger partial charge is 0.478 e. The van der Waals surface area contributed by atoms with E-state index in [1.807, 2.05) is 0 Å². The van der Waals surface area contributed by atoms with Gasteiger partial charge in [0.25, 0.3) is 5.91 Å². The van der Waals surface area contributed by atoms with Crippen molar-refractivity contribution in [1.82, 2.24) is 9.78 Å². The molecule has 45 heavy (non-hydrogen) atoms. The second-order valence-electron chi connectivity index (χ2n) is 8.98. The molecule has 6 nitrogen and oxygen atoms in total. The van der Waals surface area contributed by atoms with Gasteiger partial charge in [-0.15, -0.1) is 0 Å². The van der Waals surface area contributed by atoms with Crippen LogP contribution in [0.3, 0.4) is 0 Å². The first-order valence-corrected chi connectivity index (χ1v) is 11.8. The highest BCUT2D eigenvalue weighted by Gasteiger charge is 2.77. The van der Waals surface area contributed by atoms with Crippen molar-refractivity contribution in [1.29, 1.82) is 0 Å². The molecule has 0 saturated heterocycles. The first kappa shape index (κ1) is 35.4. The third-order valence-electron chi connectivity index (χ3n) is 5.94. The van der Waals surface area contributed by atoms with Crippen molar-refractivity contribution in [2.75, 3.05) is 5.32 Å². The summed E-state index contributed by atoms with van der Waals surface area (Å²) in [5.41, 5.74) is -7.44. The Morgan fingerprint density at radius 1 is 0.778 bits per heavy atom. The molecule has 0 atom stereocenters. The number of alkyl halides is 14. The van der Waals surface area contributed by atoms with Gasteiger partial charge in [-0.25, -0.2) is 4.79 Å². The van der Waals surface area contributed by atoms with Crippen LogP contribution in [0.15, 0.2) is 48.5 Å². The summed E-state index contributed by atoms with van der Waals surface area (Å²) in [4.78, 5) is 24.0. The monoisotopic (exact) mass is 691 g/mol. The van der Waals surface area contributed by atoms with Crippen molar-refractivity contribution >= 4 is 29.2 Å². The minimum atomic E-state index is -7.06. The van der Waals surface area contributed by atoms with Crippen LogP contribution in [0.2, 0.25) is 5.02 Å². The lowest BCUT2D eigenvalue weighted by Crippen LogP contribution is -2.51. The fourth-order valence-electron chi connectivity index (χ4n) is 3.62. The number of carbonyl (C=O) groups excluding carboxylic acids is 1. The molecule has 1 aromatic heterocycles. The molecule has 0 fully saturated rings. The van der Waals surface area contributed by atoms with Crippen molar-refractivity contribution in [3.63, 3.8) is 0 Å². The second kappa shape index (κ2) is 11.4. The Hall–Kier alpha value is -4.10. The van der Waals surface area contributed by atoms with E-state index in [1.165, 1.54) is 6.07 Å². The Kier molecular flexibility index (Phi) is 8.93. The van der Waals surface area contributed by atoms with Gasteiger partial charge in [0, 0.05) is 5.69 Å². The number of carbonyl (C=O) groups is 2. The molecule has 0 unspecified atom stereocenters. The Morgan fingerprint density at radius 3 is 1.78 bits per heavy atom. The number of rotatable bonds is 9. The van der Waals surface area contributed by atoms with Crippen molar-refractivity contribution in [2.24, 2.45) is 0 Å². The molecule has 0 bridgehead atoms. The molecule has 0 spiro atoms. The minimum Gasteiger partial charge on any atom is -0.478 e. The quantitative estimate of drug-likeness (QED) is 0.222. The molecule has 3 rings (SSSR count). The van der Waals surface area contributed by atoms with Crippen LogP contribution < -0.4 is 5.32 Å². The summed E-state index contributed by atoms with van der Waals surface area (Å²) in [5.74, 6) is -29.8. The number of carboxylic acid groups (broad SMARTS) is 1. The molecule has 0 aliphatic carbocycles. The predicted molar refractivity (Wildman–Crippen MR) is 124 cm³/mol. The molecule has 0 aliphatic heterocycles. The highest BCUT2D eigenvalue weighted by atomic mass is 35.5. The van der Waals surface area contributed by atoms with E-state index in [0.717, 1.165) is 36.4 Å². The van der Waals surface area contributed by atoms with Crippen LogP contribution in [-0.4, -0.2) is 51.0 Å². The van der Waals surface area contributed by atoms with Crippen LogP contribution in [0.5, 0.6) is 0 Å². The van der Waals surface area contributed by atoms with E-state index in [4.69, 9.17) is 11.6 Å². The van der Waals surface area contributed by atoms with E-state index in [0.29, 0.717) is 0 Å². The molecule has 2 N–H and O–H groups in total. The second-order valence-corrected chi connectivity index (χ2v) is 9.39. The first-order chi connectivity index (χ1) is 20.3. The molecule has 0 saturated carbocycles.